The summed E-state index contributed by atoms with van der Waals surface area (Å²) in [5.41, 5.74) is -0.0208. The molecule has 2 heterocycles. The van der Waals surface area contributed by atoms with Gasteiger partial charge in [0.25, 0.3) is 0 Å². The Morgan fingerprint density at radius 1 is 1.26 bits per heavy atom. The second-order valence-corrected chi connectivity index (χ2v) is 11.3. The topological polar surface area (TPSA) is 135 Å². The first-order valence-corrected chi connectivity index (χ1v) is 13.3. The standard InChI is InChI=1S/C29H40O9/c1-18-9-11-28(16-35-26(34)14-19(2)10-12-30)23(13-18)37-24-15-22(27(28,4)29(24)17-36-29)38-25(33)8-6-5-7-21(32)20(3)31/h5-8,13-14,20-24,30-32H,9-12,15-17H2,1-4H3/b7-5+,8-6-,19-14+/t20-,21+,22-,23-,24-,27-,28-,29?/m1/s1. The predicted molar refractivity (Wildman–Crippen MR) is 138 cm³/mol. The fourth-order valence-electron chi connectivity index (χ4n) is 6.48. The first kappa shape index (κ1) is 28.7. The van der Waals surface area contributed by atoms with E-state index >= 15 is 0 Å². The Morgan fingerprint density at radius 3 is 2.66 bits per heavy atom. The Hall–Kier alpha value is -2.30. The van der Waals surface area contributed by atoms with Gasteiger partial charge in [-0.05, 0) is 40.0 Å². The zero-order valence-corrected chi connectivity index (χ0v) is 22.6. The smallest absolute Gasteiger partial charge is 0.331 e. The minimum absolute atomic E-state index is 0.0444. The Balaban J connectivity index is 1.58. The van der Waals surface area contributed by atoms with Crippen LogP contribution < -0.4 is 0 Å². The summed E-state index contributed by atoms with van der Waals surface area (Å²) >= 11 is 0. The molecule has 0 amide bonds. The quantitative estimate of drug-likeness (QED) is 0.127. The number of hydrogen-bond donors (Lipinski definition) is 3. The number of ether oxygens (including phenoxy) is 4. The molecule has 2 saturated heterocycles. The maximum absolute atomic E-state index is 12.8. The minimum atomic E-state index is -1.03. The Kier molecular flexibility index (Phi) is 8.35. The van der Waals surface area contributed by atoms with Gasteiger partial charge in [-0.1, -0.05) is 42.4 Å². The molecule has 2 aliphatic heterocycles. The summed E-state index contributed by atoms with van der Waals surface area (Å²) in [7, 11) is 0. The van der Waals surface area contributed by atoms with Crippen molar-refractivity contribution >= 4 is 11.9 Å². The molecule has 210 valence electrons. The van der Waals surface area contributed by atoms with Gasteiger partial charge in [-0.3, -0.25) is 0 Å². The molecule has 2 bridgehead atoms. The molecule has 1 spiro atoms. The van der Waals surface area contributed by atoms with Crippen LogP contribution >= 0.6 is 0 Å². The zero-order chi connectivity index (χ0) is 27.7. The van der Waals surface area contributed by atoms with Crippen molar-refractivity contribution in [3.05, 3.63) is 47.6 Å². The minimum Gasteiger partial charge on any atom is -0.462 e. The van der Waals surface area contributed by atoms with Crippen LogP contribution in [0.3, 0.4) is 0 Å². The zero-order valence-electron chi connectivity index (χ0n) is 22.6. The fourth-order valence-corrected chi connectivity index (χ4v) is 6.48. The van der Waals surface area contributed by atoms with E-state index in [1.165, 1.54) is 42.9 Å². The lowest BCUT2D eigenvalue weighted by Crippen LogP contribution is -2.66. The summed E-state index contributed by atoms with van der Waals surface area (Å²) in [5, 5.41) is 28.2. The monoisotopic (exact) mass is 532 g/mol. The molecular formula is C29H40O9. The van der Waals surface area contributed by atoms with Crippen molar-refractivity contribution in [2.75, 3.05) is 19.8 Å². The molecule has 3 N–H and O–H groups in total. The van der Waals surface area contributed by atoms with Gasteiger partial charge in [0, 0.05) is 30.6 Å². The van der Waals surface area contributed by atoms with E-state index < -0.39 is 46.7 Å². The van der Waals surface area contributed by atoms with Crippen molar-refractivity contribution in [2.45, 2.75) is 89.5 Å². The van der Waals surface area contributed by atoms with Crippen molar-refractivity contribution in [3.63, 3.8) is 0 Å². The van der Waals surface area contributed by atoms with Crippen molar-refractivity contribution in [3.8, 4) is 0 Å². The van der Waals surface area contributed by atoms with Crippen molar-refractivity contribution in [2.24, 2.45) is 10.8 Å². The van der Waals surface area contributed by atoms with E-state index in [2.05, 4.69) is 19.9 Å². The van der Waals surface area contributed by atoms with Gasteiger partial charge in [-0.25, -0.2) is 9.59 Å². The Labute approximate surface area is 223 Å². The average molecular weight is 533 g/mol. The lowest BCUT2D eigenvalue weighted by molar-refractivity contribution is -0.232. The lowest BCUT2D eigenvalue weighted by atomic mass is 9.51. The Morgan fingerprint density at radius 2 is 2.00 bits per heavy atom. The van der Waals surface area contributed by atoms with Crippen LogP contribution in [0.5, 0.6) is 0 Å². The lowest BCUT2D eigenvalue weighted by Gasteiger charge is -2.58. The third-order valence-electron chi connectivity index (χ3n) is 8.96. The normalized spacial score (nSPS) is 37.7. The van der Waals surface area contributed by atoms with Crippen LogP contribution in [-0.4, -0.2) is 83.2 Å². The molecular weight excluding hydrogens is 492 g/mol. The van der Waals surface area contributed by atoms with Gasteiger partial charge < -0.3 is 34.3 Å². The van der Waals surface area contributed by atoms with E-state index in [0.29, 0.717) is 25.9 Å². The number of allylic oxidation sites excluding steroid dienone is 3. The molecule has 0 aromatic heterocycles. The van der Waals surface area contributed by atoms with E-state index in [4.69, 9.17) is 24.1 Å². The third kappa shape index (κ3) is 5.02. The van der Waals surface area contributed by atoms with Gasteiger partial charge in [0.2, 0.25) is 0 Å². The molecule has 8 atom stereocenters. The molecule has 4 rings (SSSR count). The summed E-state index contributed by atoms with van der Waals surface area (Å²) < 4.78 is 24.6. The average Bonchev–Trinajstić information content (AvgIpc) is 3.63. The van der Waals surface area contributed by atoms with Crippen molar-refractivity contribution in [1.29, 1.82) is 0 Å². The summed E-state index contributed by atoms with van der Waals surface area (Å²) in [6.07, 6.45) is 8.43. The van der Waals surface area contributed by atoms with Crippen LogP contribution in [-0.2, 0) is 28.5 Å². The number of rotatable bonds is 10. The first-order chi connectivity index (χ1) is 18.0. The number of fused-ring (bicyclic) bond motifs is 2. The van der Waals surface area contributed by atoms with E-state index in [0.717, 1.165) is 12.0 Å². The predicted octanol–water partition coefficient (Wildman–Crippen LogP) is 2.30. The van der Waals surface area contributed by atoms with E-state index in [1.807, 2.05) is 0 Å². The van der Waals surface area contributed by atoms with Gasteiger partial charge in [0.05, 0.1) is 36.4 Å². The van der Waals surface area contributed by atoms with Gasteiger partial charge in [0.1, 0.15) is 18.3 Å². The molecule has 2 aliphatic carbocycles. The molecule has 9 nitrogen and oxygen atoms in total. The van der Waals surface area contributed by atoms with E-state index in [-0.39, 0.29) is 25.4 Å². The van der Waals surface area contributed by atoms with Crippen LogP contribution in [0.4, 0.5) is 0 Å². The largest absolute Gasteiger partial charge is 0.462 e. The van der Waals surface area contributed by atoms with Crippen LogP contribution in [0.1, 0.15) is 53.4 Å². The highest BCUT2D eigenvalue weighted by molar-refractivity contribution is 5.83. The van der Waals surface area contributed by atoms with Crippen molar-refractivity contribution < 1.29 is 43.9 Å². The molecule has 1 saturated carbocycles. The van der Waals surface area contributed by atoms with Crippen LogP contribution in [0.15, 0.2) is 47.6 Å². The third-order valence-corrected chi connectivity index (χ3v) is 8.96. The molecule has 3 fully saturated rings. The molecule has 0 aromatic rings. The molecule has 0 aromatic carbocycles. The molecule has 38 heavy (non-hydrogen) atoms. The molecule has 0 radical (unpaired) electrons. The number of esters is 2. The number of carbonyl (C=O) groups is 2. The highest BCUT2D eigenvalue weighted by Gasteiger charge is 2.83. The van der Waals surface area contributed by atoms with Gasteiger partial charge in [-0.2, -0.15) is 0 Å². The Bertz CT molecular complexity index is 1040. The van der Waals surface area contributed by atoms with E-state index in [1.54, 1.807) is 6.92 Å². The number of aliphatic hydroxyl groups is 3. The second-order valence-electron chi connectivity index (χ2n) is 11.3. The summed E-state index contributed by atoms with van der Waals surface area (Å²) in [5.74, 6) is -1.02. The summed E-state index contributed by atoms with van der Waals surface area (Å²) in [4.78, 5) is 25.5. The summed E-state index contributed by atoms with van der Waals surface area (Å²) in [6, 6.07) is 0. The molecule has 9 heteroatoms. The van der Waals surface area contributed by atoms with Crippen molar-refractivity contribution in [1.82, 2.24) is 0 Å². The number of aliphatic hydroxyl groups excluding tert-OH is 3. The van der Waals surface area contributed by atoms with Gasteiger partial charge in [0.15, 0.2) is 0 Å². The highest BCUT2D eigenvalue weighted by Crippen LogP contribution is 2.72. The highest BCUT2D eigenvalue weighted by atomic mass is 16.6. The van der Waals surface area contributed by atoms with E-state index in [9.17, 15) is 19.8 Å². The van der Waals surface area contributed by atoms with Gasteiger partial charge in [-0.15, -0.1) is 0 Å². The van der Waals surface area contributed by atoms with Crippen LogP contribution in [0.2, 0.25) is 0 Å². The molecule has 4 aliphatic rings. The SMILES string of the molecule is CC1=C[C@H]2O[C@@H]3C[C@@H](OC(=O)/C=C\C=C\[C@H](O)[C@@H](C)O)[C@@](C)(C34CO4)[C@@]2(COC(=O)/C=C(\C)CCO)CC1. The van der Waals surface area contributed by atoms with Gasteiger partial charge >= 0.3 is 11.9 Å². The fraction of sp³-hybridized carbons (Fsp3) is 0.655. The second kappa shape index (κ2) is 11.1. The molecule has 1 unspecified atom stereocenters. The number of epoxide rings is 1. The summed E-state index contributed by atoms with van der Waals surface area (Å²) in [6.45, 7) is 7.90. The maximum atomic E-state index is 12.8. The number of carbonyl (C=O) groups excluding carboxylic acids is 2. The first-order valence-electron chi connectivity index (χ1n) is 13.3. The van der Waals surface area contributed by atoms with Crippen LogP contribution in [0, 0.1) is 10.8 Å². The number of hydrogen-bond acceptors (Lipinski definition) is 9. The maximum Gasteiger partial charge on any atom is 0.331 e. The van der Waals surface area contributed by atoms with Crippen LogP contribution in [0.25, 0.3) is 0 Å².